The number of halogens is 3. The van der Waals surface area contributed by atoms with Crippen LogP contribution in [0.3, 0.4) is 0 Å². The van der Waals surface area contributed by atoms with Crippen molar-refractivity contribution in [3.05, 3.63) is 40.5 Å². The van der Waals surface area contributed by atoms with Gasteiger partial charge in [-0.05, 0) is 32.0 Å². The fourth-order valence-electron chi connectivity index (χ4n) is 5.11. The Morgan fingerprint density at radius 2 is 1.67 bits per heavy atom. The molecule has 2 aromatic rings. The Kier molecular flexibility index (Phi) is 5.41. The molecule has 0 saturated carbocycles. The van der Waals surface area contributed by atoms with Crippen LogP contribution in [0.4, 0.5) is 13.2 Å². The number of morpholine rings is 1. The van der Waals surface area contributed by atoms with E-state index >= 15 is 0 Å². The maximum absolute atomic E-state index is 13.5. The predicted octanol–water partition coefficient (Wildman–Crippen LogP) is 3.17. The van der Waals surface area contributed by atoms with Gasteiger partial charge in [-0.3, -0.25) is 9.47 Å². The van der Waals surface area contributed by atoms with Crippen molar-refractivity contribution in [1.82, 2.24) is 9.47 Å². The largest absolute Gasteiger partial charge is 0.494 e. The number of aromatic nitrogens is 1. The van der Waals surface area contributed by atoms with E-state index in [4.69, 9.17) is 19.5 Å². The Balaban J connectivity index is 1.82. The Bertz CT molecular complexity index is 1100. The predicted molar refractivity (Wildman–Crippen MR) is 109 cm³/mol. The molecule has 33 heavy (non-hydrogen) atoms. The van der Waals surface area contributed by atoms with Gasteiger partial charge in [-0.2, -0.15) is 18.4 Å². The summed E-state index contributed by atoms with van der Waals surface area (Å²) in [6, 6.07) is 4.52. The van der Waals surface area contributed by atoms with Crippen molar-refractivity contribution in [2.45, 2.75) is 37.5 Å². The van der Waals surface area contributed by atoms with Crippen molar-refractivity contribution < 1.29 is 37.6 Å². The number of benzene rings is 1. The van der Waals surface area contributed by atoms with Crippen LogP contribution in [0.2, 0.25) is 0 Å². The number of ether oxygens (including phenoxy) is 3. The van der Waals surface area contributed by atoms with E-state index in [2.05, 4.69) is 0 Å². The van der Waals surface area contributed by atoms with Gasteiger partial charge in [0, 0.05) is 33.9 Å². The van der Waals surface area contributed by atoms with Gasteiger partial charge in [-0.15, -0.1) is 0 Å². The normalized spacial score (nSPS) is 24.8. The van der Waals surface area contributed by atoms with Crippen LogP contribution in [0.5, 0.6) is 11.8 Å². The molecular formula is C22H24F3N3O5. The summed E-state index contributed by atoms with van der Waals surface area (Å²) in [6.07, 6.45) is -5.27. The average molecular weight is 467 g/mol. The molecule has 4 rings (SSSR count). The van der Waals surface area contributed by atoms with Gasteiger partial charge in [-0.1, -0.05) is 0 Å². The van der Waals surface area contributed by atoms with E-state index < -0.39 is 46.6 Å². The maximum Gasteiger partial charge on any atom is 0.417 e. The molecule has 178 valence electrons. The average Bonchev–Trinajstić information content (AvgIpc) is 3.11. The summed E-state index contributed by atoms with van der Waals surface area (Å²) in [6.45, 7) is 4.58. The van der Waals surface area contributed by atoms with E-state index in [9.17, 15) is 23.4 Å². The number of alkyl halides is 3. The van der Waals surface area contributed by atoms with Crippen LogP contribution in [0.25, 0.3) is 5.69 Å². The first kappa shape index (κ1) is 23.4. The van der Waals surface area contributed by atoms with Gasteiger partial charge in [0.1, 0.15) is 11.2 Å². The number of rotatable bonds is 5. The highest BCUT2D eigenvalue weighted by Gasteiger charge is 2.59. The van der Waals surface area contributed by atoms with Crippen LogP contribution < -0.4 is 0 Å². The summed E-state index contributed by atoms with van der Waals surface area (Å²) in [5.41, 5.74) is -3.28. The van der Waals surface area contributed by atoms with E-state index in [1.165, 1.54) is 26.4 Å². The van der Waals surface area contributed by atoms with Gasteiger partial charge in [0.05, 0.1) is 34.0 Å². The summed E-state index contributed by atoms with van der Waals surface area (Å²) in [4.78, 5) is 2.02. The van der Waals surface area contributed by atoms with Gasteiger partial charge in [0.25, 0.3) is 0 Å². The molecule has 8 nitrogen and oxygen atoms in total. The van der Waals surface area contributed by atoms with E-state index in [0.29, 0.717) is 30.8 Å². The zero-order valence-electron chi connectivity index (χ0n) is 18.5. The van der Waals surface area contributed by atoms with Gasteiger partial charge >= 0.3 is 6.18 Å². The first-order valence-electron chi connectivity index (χ1n) is 10.2. The monoisotopic (exact) mass is 467 g/mol. The van der Waals surface area contributed by atoms with Crippen LogP contribution in [0.15, 0.2) is 18.2 Å². The Morgan fingerprint density at radius 3 is 2.12 bits per heavy atom. The lowest BCUT2D eigenvalue weighted by atomic mass is 9.94. The van der Waals surface area contributed by atoms with Crippen LogP contribution >= 0.6 is 0 Å². The standard InChI is InChI=1S/C22H24F3N3O5/c1-20-10-27(9-15(31-3)32-4)11-21(2,33-20)17-16(20)18(29)28(19(17)30)13-6-5-12(8-26)14(7-13)22(23,24)25/h5-7,15,29-30H,9-11H2,1-4H3. The number of aromatic hydroxyl groups is 2. The lowest BCUT2D eigenvalue weighted by Gasteiger charge is -2.44. The maximum atomic E-state index is 13.5. The second kappa shape index (κ2) is 7.63. The summed E-state index contributed by atoms with van der Waals surface area (Å²) < 4.78 is 58.2. The van der Waals surface area contributed by atoms with E-state index in [1.54, 1.807) is 13.8 Å². The third-order valence-corrected chi connectivity index (χ3v) is 6.30. The molecule has 2 N–H and O–H groups in total. The van der Waals surface area contributed by atoms with Crippen molar-refractivity contribution in [3.63, 3.8) is 0 Å². The minimum atomic E-state index is -4.78. The molecule has 0 amide bonds. The molecule has 1 aromatic carbocycles. The van der Waals surface area contributed by atoms with Crippen LogP contribution in [0, 0.1) is 11.3 Å². The quantitative estimate of drug-likeness (QED) is 0.652. The van der Waals surface area contributed by atoms with Crippen LogP contribution in [-0.4, -0.2) is 59.8 Å². The number of methoxy groups -OCH3 is 2. The van der Waals surface area contributed by atoms with Gasteiger partial charge in [0.2, 0.25) is 11.8 Å². The number of hydrogen-bond donors (Lipinski definition) is 2. The summed E-state index contributed by atoms with van der Waals surface area (Å²) in [5, 5.41) is 31.3. The Hall–Kier alpha value is -2.78. The van der Waals surface area contributed by atoms with Crippen molar-refractivity contribution >= 4 is 0 Å². The molecule has 1 aromatic heterocycles. The number of nitriles is 1. The van der Waals surface area contributed by atoms with Crippen LogP contribution in [0.1, 0.15) is 36.1 Å². The molecule has 1 saturated heterocycles. The topological polar surface area (TPSA) is 100 Å². The fraction of sp³-hybridized carbons (Fsp3) is 0.500. The lowest BCUT2D eigenvalue weighted by molar-refractivity contribution is -0.203. The molecule has 2 aliphatic heterocycles. The molecule has 0 radical (unpaired) electrons. The van der Waals surface area contributed by atoms with E-state index in [-0.39, 0.29) is 5.69 Å². The van der Waals surface area contributed by atoms with Crippen molar-refractivity contribution in [2.24, 2.45) is 0 Å². The minimum Gasteiger partial charge on any atom is -0.494 e. The van der Waals surface area contributed by atoms with E-state index in [1.807, 2.05) is 4.90 Å². The van der Waals surface area contributed by atoms with Crippen molar-refractivity contribution in [1.29, 1.82) is 5.26 Å². The highest BCUT2D eigenvalue weighted by atomic mass is 19.4. The highest BCUT2D eigenvalue weighted by molar-refractivity contribution is 5.61. The van der Waals surface area contributed by atoms with Crippen molar-refractivity contribution in [2.75, 3.05) is 33.9 Å². The van der Waals surface area contributed by atoms with Crippen molar-refractivity contribution in [3.8, 4) is 23.5 Å². The van der Waals surface area contributed by atoms with E-state index in [0.717, 1.165) is 16.7 Å². The molecule has 2 unspecified atom stereocenters. The van der Waals surface area contributed by atoms with Gasteiger partial charge in [-0.25, -0.2) is 0 Å². The molecule has 0 aliphatic carbocycles. The van der Waals surface area contributed by atoms with Gasteiger partial charge < -0.3 is 24.4 Å². The molecule has 2 atom stereocenters. The zero-order valence-corrected chi connectivity index (χ0v) is 18.5. The highest BCUT2D eigenvalue weighted by Crippen LogP contribution is 2.59. The number of nitrogens with zero attached hydrogens (tertiary/aromatic N) is 3. The lowest BCUT2D eigenvalue weighted by Crippen LogP contribution is -2.53. The second-order valence-corrected chi connectivity index (χ2v) is 8.71. The minimum absolute atomic E-state index is 0.119. The smallest absolute Gasteiger partial charge is 0.417 e. The number of hydrogen-bond acceptors (Lipinski definition) is 7. The molecule has 0 spiro atoms. The second-order valence-electron chi connectivity index (χ2n) is 8.71. The summed E-state index contributed by atoms with van der Waals surface area (Å²) in [5.74, 6) is -0.827. The Morgan fingerprint density at radius 1 is 1.12 bits per heavy atom. The molecule has 2 aliphatic rings. The molecule has 11 heteroatoms. The molecule has 3 heterocycles. The SMILES string of the molecule is COC(CN1CC2(C)OC(C)(C1)c1c2c(O)n(-c2ccc(C#N)c(C(F)(F)F)c2)c1O)OC. The third kappa shape index (κ3) is 3.54. The Labute approximate surface area is 188 Å². The first-order valence-corrected chi connectivity index (χ1v) is 10.2. The van der Waals surface area contributed by atoms with Crippen LogP contribution in [-0.2, 0) is 31.6 Å². The summed E-state index contributed by atoms with van der Waals surface area (Å²) in [7, 11) is 3.05. The summed E-state index contributed by atoms with van der Waals surface area (Å²) >= 11 is 0. The molecule has 1 fully saturated rings. The molecule has 2 bridgehead atoms. The molecular weight excluding hydrogens is 443 g/mol. The first-order chi connectivity index (χ1) is 15.4. The number of fused-ring (bicyclic) bond motifs is 5. The third-order valence-electron chi connectivity index (χ3n) is 6.30. The zero-order chi connectivity index (χ0) is 24.3. The fourth-order valence-corrected chi connectivity index (χ4v) is 5.11. The van der Waals surface area contributed by atoms with Gasteiger partial charge in [0.15, 0.2) is 6.29 Å².